The molecule has 0 aliphatic rings. The van der Waals surface area contributed by atoms with Gasteiger partial charge in [0, 0.05) is 12.2 Å². The molecule has 0 radical (unpaired) electrons. The fourth-order valence-electron chi connectivity index (χ4n) is 4.67. The van der Waals surface area contributed by atoms with Crippen LogP contribution in [0.15, 0.2) is 90.0 Å². The molecule has 0 bridgehead atoms. The molecule has 7 nitrogen and oxygen atoms in total. The van der Waals surface area contributed by atoms with E-state index in [1.165, 1.54) is 0 Å². The van der Waals surface area contributed by atoms with Crippen molar-refractivity contribution in [2.24, 2.45) is 0 Å². The lowest BCUT2D eigenvalue weighted by Crippen LogP contribution is -2.20. The molecular formula is C30H27N5O2. The molecular weight excluding hydrogens is 462 g/mol. The predicted octanol–water partition coefficient (Wildman–Crippen LogP) is 6.66. The highest BCUT2D eigenvalue weighted by atomic mass is 16.5. The van der Waals surface area contributed by atoms with Crippen molar-refractivity contribution in [2.75, 3.05) is 0 Å². The lowest BCUT2D eigenvalue weighted by atomic mass is 10.2. The third-order valence-electron chi connectivity index (χ3n) is 6.56. The molecule has 6 aromatic rings. The molecule has 0 atom stereocenters. The summed E-state index contributed by atoms with van der Waals surface area (Å²) in [5.41, 5.74) is 3.99. The number of hydrogen-bond acceptors (Lipinski definition) is 5. The third kappa shape index (κ3) is 4.33. The van der Waals surface area contributed by atoms with Gasteiger partial charge < -0.3 is 4.74 Å². The van der Waals surface area contributed by atoms with Crippen LogP contribution in [0.4, 0.5) is 0 Å². The van der Waals surface area contributed by atoms with Crippen molar-refractivity contribution < 1.29 is 4.74 Å². The monoisotopic (exact) mass is 489 g/mol. The van der Waals surface area contributed by atoms with Gasteiger partial charge in [0.05, 0.1) is 17.4 Å². The largest absolute Gasteiger partial charge is 0.457 e. The summed E-state index contributed by atoms with van der Waals surface area (Å²) in [6, 6.07) is 25.1. The lowest BCUT2D eigenvalue weighted by Gasteiger charge is -2.10. The Morgan fingerprint density at radius 3 is 2.22 bits per heavy atom. The maximum absolute atomic E-state index is 13.7. The molecule has 0 spiro atoms. The summed E-state index contributed by atoms with van der Waals surface area (Å²) < 4.78 is 9.59. The van der Waals surface area contributed by atoms with Crippen LogP contribution >= 0.6 is 0 Å². The summed E-state index contributed by atoms with van der Waals surface area (Å²) in [6.45, 7) is 2.82. The third-order valence-corrected chi connectivity index (χ3v) is 6.56. The molecule has 3 aromatic heterocycles. The SMILES string of the molecule is CCCCCCn1cnc2c(c1=O)c1nc3ccccc3nc1n2-c1ccc(Oc2ccccc2)cc1. The Hall–Kier alpha value is -4.52. The lowest BCUT2D eigenvalue weighted by molar-refractivity contribution is 0.482. The standard InChI is InChI=1S/C30H27N5O2/c1-2-3-4-10-19-34-20-31-28-26(30(34)36)27-29(33-25-14-9-8-13-24(25)32-27)35(28)21-15-17-23(18-16-21)37-22-11-6-5-7-12-22/h5-9,11-18,20H,2-4,10,19H2,1H3. The minimum atomic E-state index is -0.0844. The fourth-order valence-corrected chi connectivity index (χ4v) is 4.67. The molecule has 6 rings (SSSR count). The van der Waals surface area contributed by atoms with Crippen LogP contribution in [0.25, 0.3) is 38.9 Å². The zero-order valence-corrected chi connectivity index (χ0v) is 20.7. The molecule has 37 heavy (non-hydrogen) atoms. The first-order chi connectivity index (χ1) is 18.2. The molecule has 3 aromatic carbocycles. The van der Waals surface area contributed by atoms with Crippen LogP contribution in [0, 0.1) is 0 Å². The number of hydrogen-bond donors (Lipinski definition) is 0. The zero-order valence-electron chi connectivity index (χ0n) is 20.7. The second-order valence-corrected chi connectivity index (χ2v) is 9.13. The molecule has 184 valence electrons. The van der Waals surface area contributed by atoms with Crippen molar-refractivity contribution in [3.8, 4) is 17.2 Å². The van der Waals surface area contributed by atoms with Gasteiger partial charge in [-0.1, -0.05) is 56.5 Å². The highest BCUT2D eigenvalue weighted by molar-refractivity contribution is 6.05. The van der Waals surface area contributed by atoms with E-state index in [1.807, 2.05) is 83.4 Å². The van der Waals surface area contributed by atoms with Gasteiger partial charge >= 0.3 is 0 Å². The van der Waals surface area contributed by atoms with E-state index >= 15 is 0 Å². The molecule has 0 aliphatic carbocycles. The maximum Gasteiger partial charge on any atom is 0.265 e. The second-order valence-electron chi connectivity index (χ2n) is 9.13. The van der Waals surface area contributed by atoms with Gasteiger partial charge in [0.2, 0.25) is 0 Å². The Balaban J connectivity index is 1.49. The Morgan fingerprint density at radius 2 is 1.46 bits per heavy atom. The number of fused-ring (bicyclic) bond motifs is 4. The maximum atomic E-state index is 13.7. The van der Waals surface area contributed by atoms with Gasteiger partial charge in [-0.25, -0.2) is 15.0 Å². The number of unbranched alkanes of at least 4 members (excludes halogenated alkanes) is 3. The fraction of sp³-hybridized carbons (Fsp3) is 0.200. The summed E-state index contributed by atoms with van der Waals surface area (Å²) in [6.07, 6.45) is 5.99. The first-order valence-corrected chi connectivity index (χ1v) is 12.7. The van der Waals surface area contributed by atoms with E-state index in [-0.39, 0.29) is 5.56 Å². The first-order valence-electron chi connectivity index (χ1n) is 12.7. The minimum absolute atomic E-state index is 0.0844. The molecule has 0 unspecified atom stereocenters. The number of aromatic nitrogens is 5. The van der Waals surface area contributed by atoms with Gasteiger partial charge in [-0.3, -0.25) is 13.9 Å². The minimum Gasteiger partial charge on any atom is -0.457 e. The van der Waals surface area contributed by atoms with Gasteiger partial charge in [-0.05, 0) is 55.0 Å². The highest BCUT2D eigenvalue weighted by Gasteiger charge is 2.21. The Labute approximate surface area is 214 Å². The van der Waals surface area contributed by atoms with E-state index in [0.717, 1.165) is 53.9 Å². The number of rotatable bonds is 8. The van der Waals surface area contributed by atoms with Crippen molar-refractivity contribution >= 4 is 33.2 Å². The summed E-state index contributed by atoms with van der Waals surface area (Å²) >= 11 is 0. The topological polar surface area (TPSA) is 74.8 Å². The normalized spacial score (nSPS) is 11.5. The van der Waals surface area contributed by atoms with Crippen LogP contribution in [-0.4, -0.2) is 24.1 Å². The summed E-state index contributed by atoms with van der Waals surface area (Å²) in [5.74, 6) is 1.49. The van der Waals surface area contributed by atoms with Gasteiger partial charge in [-0.2, -0.15) is 0 Å². The quantitative estimate of drug-likeness (QED) is 0.224. The van der Waals surface area contributed by atoms with Crippen molar-refractivity contribution in [1.82, 2.24) is 24.1 Å². The Kier molecular flexibility index (Phi) is 6.10. The zero-order chi connectivity index (χ0) is 25.2. The molecule has 7 heteroatoms. The molecule has 0 saturated carbocycles. The smallest absolute Gasteiger partial charge is 0.265 e. The summed E-state index contributed by atoms with van der Waals surface area (Å²) in [7, 11) is 0. The molecule has 0 fully saturated rings. The van der Waals surface area contributed by atoms with Gasteiger partial charge in [0.25, 0.3) is 5.56 Å². The van der Waals surface area contributed by atoms with E-state index in [4.69, 9.17) is 19.7 Å². The van der Waals surface area contributed by atoms with Crippen molar-refractivity contribution in [3.05, 3.63) is 95.5 Å². The highest BCUT2D eigenvalue weighted by Crippen LogP contribution is 2.30. The molecule has 0 aliphatic heterocycles. The van der Waals surface area contributed by atoms with Gasteiger partial charge in [0.1, 0.15) is 22.4 Å². The van der Waals surface area contributed by atoms with Gasteiger partial charge in [0.15, 0.2) is 11.3 Å². The Morgan fingerprint density at radius 1 is 0.757 bits per heavy atom. The van der Waals surface area contributed by atoms with Crippen LogP contribution in [-0.2, 0) is 6.54 Å². The van der Waals surface area contributed by atoms with Crippen LogP contribution in [0.2, 0.25) is 0 Å². The molecule has 0 saturated heterocycles. The van der Waals surface area contributed by atoms with Crippen LogP contribution < -0.4 is 10.3 Å². The van der Waals surface area contributed by atoms with Gasteiger partial charge in [-0.15, -0.1) is 0 Å². The van der Waals surface area contributed by atoms with Crippen LogP contribution in [0.3, 0.4) is 0 Å². The summed E-state index contributed by atoms with van der Waals surface area (Å²) in [4.78, 5) is 28.2. The number of ether oxygens (including phenoxy) is 1. The van der Waals surface area contributed by atoms with Crippen molar-refractivity contribution in [3.63, 3.8) is 0 Å². The average Bonchev–Trinajstić information content (AvgIpc) is 3.25. The van der Waals surface area contributed by atoms with Crippen molar-refractivity contribution in [1.29, 1.82) is 0 Å². The van der Waals surface area contributed by atoms with E-state index in [9.17, 15) is 4.79 Å². The van der Waals surface area contributed by atoms with Crippen molar-refractivity contribution in [2.45, 2.75) is 39.2 Å². The van der Waals surface area contributed by atoms with E-state index in [1.54, 1.807) is 10.9 Å². The van der Waals surface area contributed by atoms with E-state index in [2.05, 4.69) is 6.92 Å². The first kappa shape index (κ1) is 22.9. The van der Waals surface area contributed by atoms with E-state index < -0.39 is 0 Å². The summed E-state index contributed by atoms with van der Waals surface area (Å²) in [5, 5.41) is 0.496. The number of para-hydroxylation sites is 3. The van der Waals surface area contributed by atoms with Crippen LogP contribution in [0.5, 0.6) is 11.5 Å². The second kappa shape index (κ2) is 9.85. The molecule has 0 N–H and O–H groups in total. The predicted molar refractivity (Wildman–Crippen MR) is 147 cm³/mol. The Bertz CT molecular complexity index is 1760. The number of nitrogens with zero attached hydrogens (tertiary/aromatic N) is 5. The van der Waals surface area contributed by atoms with Crippen LogP contribution in [0.1, 0.15) is 32.6 Å². The van der Waals surface area contributed by atoms with E-state index in [0.29, 0.717) is 28.7 Å². The number of benzene rings is 3. The molecule has 3 heterocycles. The molecule has 0 amide bonds. The average molecular weight is 490 g/mol. The number of aryl methyl sites for hydroxylation is 1.